The summed E-state index contributed by atoms with van der Waals surface area (Å²) in [6.07, 6.45) is 3.89. The number of methoxy groups -OCH3 is 1. The molecule has 0 radical (unpaired) electrons. The lowest BCUT2D eigenvalue weighted by molar-refractivity contribution is -0.147. The van der Waals surface area contributed by atoms with Crippen molar-refractivity contribution in [3.63, 3.8) is 0 Å². The van der Waals surface area contributed by atoms with Crippen LogP contribution in [0.25, 0.3) is 0 Å². The number of rotatable bonds is 4. The van der Waals surface area contributed by atoms with Gasteiger partial charge in [0.25, 0.3) is 0 Å². The van der Waals surface area contributed by atoms with Gasteiger partial charge in [0.1, 0.15) is 0 Å². The van der Waals surface area contributed by atoms with Crippen LogP contribution in [0.1, 0.15) is 25.7 Å². The Morgan fingerprint density at radius 1 is 1.60 bits per heavy atom. The fourth-order valence-corrected chi connectivity index (χ4v) is 2.68. The average Bonchev–Trinajstić information content (AvgIpc) is 2.99. The molecule has 1 aliphatic carbocycles. The van der Waals surface area contributed by atoms with Crippen LogP contribution in [0.15, 0.2) is 0 Å². The molecule has 0 bridgehead atoms. The number of hydrogen-bond donors (Lipinski definition) is 1. The van der Waals surface area contributed by atoms with E-state index in [2.05, 4.69) is 0 Å². The van der Waals surface area contributed by atoms with Crippen molar-refractivity contribution in [1.82, 2.24) is 0 Å². The highest BCUT2D eigenvalue weighted by Crippen LogP contribution is 2.51. The van der Waals surface area contributed by atoms with Crippen molar-refractivity contribution >= 4 is 5.97 Å². The van der Waals surface area contributed by atoms with E-state index in [4.69, 9.17) is 14.6 Å². The van der Waals surface area contributed by atoms with Crippen molar-refractivity contribution in [3.05, 3.63) is 0 Å². The molecule has 1 saturated carbocycles. The SMILES string of the molecule is COCC1(C2CC2C(=O)O)CCCCO1. The van der Waals surface area contributed by atoms with Crippen LogP contribution in [0.5, 0.6) is 0 Å². The molecule has 0 aromatic heterocycles. The topological polar surface area (TPSA) is 55.8 Å². The van der Waals surface area contributed by atoms with E-state index >= 15 is 0 Å². The molecule has 3 unspecified atom stereocenters. The first kappa shape index (κ1) is 10.9. The first-order valence-electron chi connectivity index (χ1n) is 5.55. The van der Waals surface area contributed by atoms with Crippen LogP contribution >= 0.6 is 0 Å². The van der Waals surface area contributed by atoms with E-state index in [1.54, 1.807) is 7.11 Å². The Morgan fingerprint density at radius 2 is 2.40 bits per heavy atom. The van der Waals surface area contributed by atoms with Gasteiger partial charge in [-0.2, -0.15) is 0 Å². The minimum atomic E-state index is -0.690. The molecule has 0 amide bonds. The molecule has 1 saturated heterocycles. The Bertz CT molecular complexity index is 239. The van der Waals surface area contributed by atoms with Crippen LogP contribution in [-0.2, 0) is 14.3 Å². The number of hydrogen-bond acceptors (Lipinski definition) is 3. The maximum absolute atomic E-state index is 10.9. The third kappa shape index (κ3) is 2.01. The van der Waals surface area contributed by atoms with Gasteiger partial charge < -0.3 is 14.6 Å². The van der Waals surface area contributed by atoms with Gasteiger partial charge in [0, 0.05) is 19.6 Å². The maximum Gasteiger partial charge on any atom is 0.306 e. The molecule has 0 aromatic rings. The number of aliphatic carboxylic acids is 1. The second kappa shape index (κ2) is 4.10. The molecule has 3 atom stereocenters. The zero-order valence-corrected chi connectivity index (χ0v) is 9.07. The first-order chi connectivity index (χ1) is 7.19. The summed E-state index contributed by atoms with van der Waals surface area (Å²) >= 11 is 0. The van der Waals surface area contributed by atoms with Crippen LogP contribution < -0.4 is 0 Å². The van der Waals surface area contributed by atoms with Gasteiger partial charge in [-0.3, -0.25) is 4.79 Å². The molecule has 2 aliphatic rings. The van der Waals surface area contributed by atoms with Crippen LogP contribution in [0.3, 0.4) is 0 Å². The molecule has 15 heavy (non-hydrogen) atoms. The summed E-state index contributed by atoms with van der Waals surface area (Å²) in [6.45, 7) is 1.27. The molecule has 0 spiro atoms. The Kier molecular flexibility index (Phi) is 2.98. The number of carboxylic acid groups (broad SMARTS) is 1. The van der Waals surface area contributed by atoms with Crippen molar-refractivity contribution in [2.75, 3.05) is 20.3 Å². The predicted molar refractivity (Wildman–Crippen MR) is 53.6 cm³/mol. The minimum absolute atomic E-state index is 0.162. The van der Waals surface area contributed by atoms with Gasteiger partial charge in [-0.05, 0) is 25.7 Å². The zero-order valence-electron chi connectivity index (χ0n) is 9.07. The second-order valence-corrected chi connectivity index (χ2v) is 4.59. The largest absolute Gasteiger partial charge is 0.481 e. The van der Waals surface area contributed by atoms with E-state index in [-0.39, 0.29) is 17.4 Å². The summed E-state index contributed by atoms with van der Waals surface area (Å²) in [7, 11) is 1.65. The molecule has 1 heterocycles. The lowest BCUT2D eigenvalue weighted by Gasteiger charge is -2.37. The van der Waals surface area contributed by atoms with Gasteiger partial charge in [-0.1, -0.05) is 0 Å². The van der Waals surface area contributed by atoms with Crippen molar-refractivity contribution in [1.29, 1.82) is 0 Å². The van der Waals surface area contributed by atoms with Gasteiger partial charge >= 0.3 is 5.97 Å². The highest BCUT2D eigenvalue weighted by Gasteiger charge is 2.57. The summed E-state index contributed by atoms with van der Waals surface area (Å²) in [5.74, 6) is -0.738. The van der Waals surface area contributed by atoms with Gasteiger partial charge in [-0.25, -0.2) is 0 Å². The van der Waals surface area contributed by atoms with Crippen LogP contribution in [0.2, 0.25) is 0 Å². The van der Waals surface area contributed by atoms with Crippen LogP contribution in [-0.4, -0.2) is 37.0 Å². The van der Waals surface area contributed by atoms with Crippen molar-refractivity contribution in [2.45, 2.75) is 31.3 Å². The summed E-state index contributed by atoms with van der Waals surface area (Å²) in [5, 5.41) is 8.94. The van der Waals surface area contributed by atoms with Crippen molar-refractivity contribution in [3.8, 4) is 0 Å². The number of ether oxygens (including phenoxy) is 2. The monoisotopic (exact) mass is 214 g/mol. The molecule has 4 heteroatoms. The normalized spacial score (nSPS) is 40.1. The van der Waals surface area contributed by atoms with E-state index in [0.717, 1.165) is 32.3 Å². The summed E-state index contributed by atoms with van der Waals surface area (Å²) in [5.41, 5.74) is -0.309. The standard InChI is InChI=1S/C11H18O4/c1-14-7-11(4-2-3-5-15-11)9-6-8(9)10(12)13/h8-9H,2-7H2,1H3,(H,12,13). The zero-order chi connectivity index (χ0) is 10.9. The fraction of sp³-hybridized carbons (Fsp3) is 0.909. The van der Waals surface area contributed by atoms with Gasteiger partial charge in [-0.15, -0.1) is 0 Å². The van der Waals surface area contributed by atoms with E-state index in [9.17, 15) is 4.79 Å². The van der Waals surface area contributed by atoms with Crippen molar-refractivity contribution < 1.29 is 19.4 Å². The molecule has 2 fully saturated rings. The Morgan fingerprint density at radius 3 is 2.87 bits per heavy atom. The predicted octanol–water partition coefficient (Wildman–Crippen LogP) is 1.29. The summed E-state index contributed by atoms with van der Waals surface area (Å²) < 4.78 is 11.0. The average molecular weight is 214 g/mol. The third-order valence-corrected chi connectivity index (χ3v) is 3.56. The Hall–Kier alpha value is -0.610. The summed E-state index contributed by atoms with van der Waals surface area (Å²) in [4.78, 5) is 10.9. The van der Waals surface area contributed by atoms with Gasteiger partial charge in [0.2, 0.25) is 0 Å². The molecule has 86 valence electrons. The fourth-order valence-electron chi connectivity index (χ4n) is 2.68. The minimum Gasteiger partial charge on any atom is -0.481 e. The van der Waals surface area contributed by atoms with Crippen LogP contribution in [0, 0.1) is 11.8 Å². The molecule has 1 aliphatic heterocycles. The highest BCUT2D eigenvalue weighted by molar-refractivity contribution is 5.73. The van der Waals surface area contributed by atoms with E-state index in [1.807, 2.05) is 0 Å². The molecular formula is C11H18O4. The Balaban J connectivity index is 2.03. The van der Waals surface area contributed by atoms with E-state index < -0.39 is 5.97 Å². The highest BCUT2D eigenvalue weighted by atomic mass is 16.5. The van der Waals surface area contributed by atoms with Crippen LogP contribution in [0.4, 0.5) is 0 Å². The number of carboxylic acids is 1. The lowest BCUT2D eigenvalue weighted by atomic mass is 9.88. The second-order valence-electron chi connectivity index (χ2n) is 4.59. The molecule has 0 aromatic carbocycles. The number of carbonyl (C=O) groups is 1. The molecule has 4 nitrogen and oxygen atoms in total. The molecular weight excluding hydrogens is 196 g/mol. The van der Waals surface area contributed by atoms with Gasteiger partial charge in [0.05, 0.1) is 18.1 Å². The van der Waals surface area contributed by atoms with Gasteiger partial charge in [0.15, 0.2) is 0 Å². The summed E-state index contributed by atoms with van der Waals surface area (Å²) in [6, 6.07) is 0. The quantitative estimate of drug-likeness (QED) is 0.766. The molecule has 2 rings (SSSR count). The van der Waals surface area contributed by atoms with Crippen molar-refractivity contribution in [2.24, 2.45) is 11.8 Å². The molecule has 1 N–H and O–H groups in total. The lowest BCUT2D eigenvalue weighted by Crippen LogP contribution is -2.43. The Labute approximate surface area is 89.6 Å². The van der Waals surface area contributed by atoms with E-state index in [0.29, 0.717) is 6.61 Å². The smallest absolute Gasteiger partial charge is 0.306 e. The first-order valence-corrected chi connectivity index (χ1v) is 5.55. The third-order valence-electron chi connectivity index (χ3n) is 3.56. The maximum atomic E-state index is 10.9. The van der Waals surface area contributed by atoms with E-state index in [1.165, 1.54) is 0 Å².